The van der Waals surface area contributed by atoms with E-state index in [9.17, 15) is 0 Å². The average Bonchev–Trinajstić information content (AvgIpc) is 2.64. The van der Waals surface area contributed by atoms with Crippen LogP contribution in [0.25, 0.3) is 0 Å². The molecule has 0 amide bonds. The fourth-order valence-corrected chi connectivity index (χ4v) is 2.83. The van der Waals surface area contributed by atoms with Gasteiger partial charge in [0.2, 0.25) is 5.88 Å². The molecule has 2 aromatic carbocycles. The second-order valence-electron chi connectivity index (χ2n) is 6.85. The van der Waals surface area contributed by atoms with Crippen LogP contribution >= 0.6 is 0 Å². The van der Waals surface area contributed by atoms with E-state index in [1.165, 1.54) is 16.7 Å². The van der Waals surface area contributed by atoms with Gasteiger partial charge in [0.25, 0.3) is 0 Å². The summed E-state index contributed by atoms with van der Waals surface area (Å²) in [5.74, 6) is 0.666. The molecule has 134 valence electrons. The van der Waals surface area contributed by atoms with E-state index in [0.717, 1.165) is 18.8 Å². The van der Waals surface area contributed by atoms with Crippen molar-refractivity contribution in [2.24, 2.45) is 0 Å². The third kappa shape index (κ3) is 5.09. The molecule has 0 radical (unpaired) electrons. The van der Waals surface area contributed by atoms with Crippen LogP contribution < -0.4 is 9.64 Å². The molecule has 0 spiro atoms. The Morgan fingerprint density at radius 2 is 1.50 bits per heavy atom. The molecule has 26 heavy (non-hydrogen) atoms. The monoisotopic (exact) mass is 346 g/mol. The molecule has 0 unspecified atom stereocenters. The fraction of sp³-hybridized carbons (Fsp3) is 0.261. The molecule has 0 aliphatic heterocycles. The maximum absolute atomic E-state index is 5.67. The second-order valence-corrected chi connectivity index (χ2v) is 6.85. The third-order valence-corrected chi connectivity index (χ3v) is 4.15. The molecule has 0 bridgehead atoms. The van der Waals surface area contributed by atoms with Gasteiger partial charge >= 0.3 is 0 Å². The molecule has 1 aromatic heterocycles. The van der Waals surface area contributed by atoms with Crippen molar-refractivity contribution in [2.45, 2.75) is 40.0 Å². The Morgan fingerprint density at radius 3 is 2.08 bits per heavy atom. The van der Waals surface area contributed by atoms with E-state index in [4.69, 9.17) is 4.74 Å². The number of benzene rings is 2. The topological polar surface area (TPSA) is 25.4 Å². The summed E-state index contributed by atoms with van der Waals surface area (Å²) in [4.78, 5) is 6.81. The molecule has 0 fully saturated rings. The summed E-state index contributed by atoms with van der Waals surface area (Å²) in [5.41, 5.74) is 4.93. The molecule has 0 saturated heterocycles. The first kappa shape index (κ1) is 18.0. The van der Waals surface area contributed by atoms with Crippen molar-refractivity contribution in [3.63, 3.8) is 0 Å². The summed E-state index contributed by atoms with van der Waals surface area (Å²) in [7, 11) is 0. The minimum Gasteiger partial charge on any atom is -0.475 e. The van der Waals surface area contributed by atoms with Gasteiger partial charge in [-0.3, -0.25) is 0 Å². The number of ether oxygens (including phenoxy) is 1. The zero-order chi connectivity index (χ0) is 18.4. The Morgan fingerprint density at radius 1 is 0.846 bits per heavy atom. The quantitative estimate of drug-likeness (QED) is 0.574. The summed E-state index contributed by atoms with van der Waals surface area (Å²) in [5, 5.41) is 0. The highest BCUT2D eigenvalue weighted by molar-refractivity contribution is 5.47. The van der Waals surface area contributed by atoms with Crippen LogP contribution in [0.1, 0.15) is 30.5 Å². The Labute approximate surface area is 156 Å². The number of pyridine rings is 1. The van der Waals surface area contributed by atoms with Crippen LogP contribution in [0.3, 0.4) is 0 Å². The summed E-state index contributed by atoms with van der Waals surface area (Å²) in [6, 6.07) is 23.3. The van der Waals surface area contributed by atoms with Crippen molar-refractivity contribution in [3.8, 4) is 5.88 Å². The van der Waals surface area contributed by atoms with Gasteiger partial charge < -0.3 is 9.64 Å². The van der Waals surface area contributed by atoms with Gasteiger partial charge in [-0.2, -0.15) is 0 Å². The predicted molar refractivity (Wildman–Crippen MR) is 108 cm³/mol. The lowest BCUT2D eigenvalue weighted by Crippen LogP contribution is -2.22. The number of aromatic nitrogens is 1. The zero-order valence-electron chi connectivity index (χ0n) is 15.7. The van der Waals surface area contributed by atoms with E-state index in [2.05, 4.69) is 71.4 Å². The second kappa shape index (κ2) is 8.52. The zero-order valence-corrected chi connectivity index (χ0v) is 15.7. The minimum atomic E-state index is 0.126. The molecule has 1 heterocycles. The molecule has 0 aliphatic carbocycles. The molecule has 3 aromatic rings. The van der Waals surface area contributed by atoms with Crippen LogP contribution in [-0.4, -0.2) is 11.1 Å². The number of hydrogen-bond acceptors (Lipinski definition) is 3. The van der Waals surface area contributed by atoms with Gasteiger partial charge in [0.15, 0.2) is 0 Å². The lowest BCUT2D eigenvalue weighted by Gasteiger charge is -2.25. The highest BCUT2D eigenvalue weighted by Crippen LogP contribution is 2.22. The minimum absolute atomic E-state index is 0.126. The SMILES string of the molecule is Cc1ccc(CN(Cc2ccccc2)c2ccc(OC(C)C)nc2)cc1. The van der Waals surface area contributed by atoms with Gasteiger partial charge in [0.1, 0.15) is 0 Å². The molecule has 0 saturated carbocycles. The van der Waals surface area contributed by atoms with E-state index in [-0.39, 0.29) is 6.10 Å². The van der Waals surface area contributed by atoms with E-state index in [1.807, 2.05) is 32.2 Å². The summed E-state index contributed by atoms with van der Waals surface area (Å²) in [6.07, 6.45) is 2.02. The van der Waals surface area contributed by atoms with Gasteiger partial charge in [0, 0.05) is 19.2 Å². The van der Waals surface area contributed by atoms with Gasteiger partial charge in [-0.15, -0.1) is 0 Å². The van der Waals surface area contributed by atoms with Crippen molar-refractivity contribution in [3.05, 3.63) is 89.6 Å². The van der Waals surface area contributed by atoms with E-state index in [1.54, 1.807) is 0 Å². The van der Waals surface area contributed by atoms with Gasteiger partial charge in [-0.05, 0) is 38.0 Å². The maximum Gasteiger partial charge on any atom is 0.213 e. The Kier molecular flexibility index (Phi) is 5.90. The van der Waals surface area contributed by atoms with Crippen molar-refractivity contribution in [2.75, 3.05) is 4.90 Å². The first-order valence-corrected chi connectivity index (χ1v) is 9.07. The van der Waals surface area contributed by atoms with Gasteiger partial charge in [0.05, 0.1) is 18.0 Å². The van der Waals surface area contributed by atoms with Crippen molar-refractivity contribution >= 4 is 5.69 Å². The lowest BCUT2D eigenvalue weighted by atomic mass is 10.1. The van der Waals surface area contributed by atoms with E-state index in [0.29, 0.717) is 5.88 Å². The predicted octanol–water partition coefficient (Wildman–Crippen LogP) is 5.38. The molecular formula is C23H26N2O. The van der Waals surface area contributed by atoms with Gasteiger partial charge in [-0.1, -0.05) is 60.2 Å². The number of rotatable bonds is 7. The molecule has 3 nitrogen and oxygen atoms in total. The molecule has 3 heteroatoms. The fourth-order valence-electron chi connectivity index (χ4n) is 2.83. The molecular weight excluding hydrogens is 320 g/mol. The van der Waals surface area contributed by atoms with Crippen LogP contribution in [0.5, 0.6) is 5.88 Å². The summed E-state index contributed by atoms with van der Waals surface area (Å²) in [6.45, 7) is 7.80. The smallest absolute Gasteiger partial charge is 0.213 e. The van der Waals surface area contributed by atoms with Crippen molar-refractivity contribution in [1.82, 2.24) is 4.98 Å². The average molecular weight is 346 g/mol. The first-order valence-electron chi connectivity index (χ1n) is 9.07. The Balaban J connectivity index is 1.82. The van der Waals surface area contributed by atoms with Gasteiger partial charge in [-0.25, -0.2) is 4.98 Å². The summed E-state index contributed by atoms with van der Waals surface area (Å²) >= 11 is 0. The number of aryl methyl sites for hydroxylation is 1. The largest absolute Gasteiger partial charge is 0.475 e. The van der Waals surface area contributed by atoms with Crippen molar-refractivity contribution < 1.29 is 4.74 Å². The van der Waals surface area contributed by atoms with Crippen LogP contribution in [-0.2, 0) is 13.1 Å². The van der Waals surface area contributed by atoms with Crippen LogP contribution in [0.2, 0.25) is 0 Å². The third-order valence-electron chi connectivity index (χ3n) is 4.15. The number of nitrogens with zero attached hydrogens (tertiary/aromatic N) is 2. The van der Waals surface area contributed by atoms with E-state index >= 15 is 0 Å². The van der Waals surface area contributed by atoms with E-state index < -0.39 is 0 Å². The van der Waals surface area contributed by atoms with Crippen LogP contribution in [0.4, 0.5) is 5.69 Å². The van der Waals surface area contributed by atoms with Crippen LogP contribution in [0, 0.1) is 6.92 Å². The van der Waals surface area contributed by atoms with Crippen LogP contribution in [0.15, 0.2) is 72.9 Å². The molecule has 3 rings (SSSR count). The molecule has 0 aliphatic rings. The standard InChI is InChI=1S/C23H26N2O/c1-18(2)26-23-14-13-22(15-24-23)25(16-20-7-5-4-6-8-20)17-21-11-9-19(3)10-12-21/h4-15,18H,16-17H2,1-3H3. The molecule has 0 N–H and O–H groups in total. The number of hydrogen-bond donors (Lipinski definition) is 0. The van der Waals surface area contributed by atoms with Crippen molar-refractivity contribution in [1.29, 1.82) is 0 Å². The lowest BCUT2D eigenvalue weighted by molar-refractivity contribution is 0.232. The Hall–Kier alpha value is -2.81. The highest BCUT2D eigenvalue weighted by atomic mass is 16.5. The Bertz CT molecular complexity index is 796. The summed E-state index contributed by atoms with van der Waals surface area (Å²) < 4.78 is 5.67. The highest BCUT2D eigenvalue weighted by Gasteiger charge is 2.10. The molecule has 0 atom stereocenters. The normalized spacial score (nSPS) is 10.8. The number of anilines is 1. The maximum atomic E-state index is 5.67. The first-order chi connectivity index (χ1) is 12.6.